The van der Waals surface area contributed by atoms with Crippen molar-refractivity contribution in [3.05, 3.63) is 5.56 Å². The molecular weight excluding hydrogens is 240 g/mol. The lowest BCUT2D eigenvalue weighted by molar-refractivity contribution is 0.0965. The lowest BCUT2D eigenvalue weighted by Gasteiger charge is -2.07. The van der Waals surface area contributed by atoms with E-state index in [-0.39, 0.29) is 17.8 Å². The second-order valence-electron chi connectivity index (χ2n) is 3.77. The molecule has 6 nitrogen and oxygen atoms in total. The maximum Gasteiger partial charge on any atom is 0.257 e. The zero-order valence-corrected chi connectivity index (χ0v) is 10.8. The average Bonchev–Trinajstić information content (AvgIpc) is 2.65. The number of anilines is 2. The Hall–Kier alpha value is -1.34. The summed E-state index contributed by atoms with van der Waals surface area (Å²) < 4.78 is 3.95. The first-order valence-corrected chi connectivity index (χ1v) is 6.22. The van der Waals surface area contributed by atoms with Crippen LogP contribution in [0.2, 0.25) is 0 Å². The van der Waals surface area contributed by atoms with Gasteiger partial charge in [0, 0.05) is 13.6 Å². The molecular formula is C10H18N4O2S. The van der Waals surface area contributed by atoms with E-state index < -0.39 is 0 Å². The molecule has 0 aromatic carbocycles. The van der Waals surface area contributed by atoms with E-state index in [1.54, 1.807) is 14.0 Å². The zero-order chi connectivity index (χ0) is 12.8. The number of aromatic nitrogens is 1. The van der Waals surface area contributed by atoms with Gasteiger partial charge in [-0.2, -0.15) is 4.37 Å². The fraction of sp³-hybridized carbons (Fsp3) is 0.600. The van der Waals surface area contributed by atoms with Crippen LogP contribution in [-0.2, 0) is 0 Å². The molecule has 0 fully saturated rings. The highest BCUT2D eigenvalue weighted by atomic mass is 32.1. The second kappa shape index (κ2) is 6.41. The molecule has 96 valence electrons. The Morgan fingerprint density at radius 3 is 2.94 bits per heavy atom. The van der Waals surface area contributed by atoms with Crippen LogP contribution in [0.3, 0.4) is 0 Å². The molecule has 1 amide bonds. The molecule has 0 spiro atoms. The van der Waals surface area contributed by atoms with Crippen LogP contribution >= 0.6 is 11.5 Å². The molecule has 0 saturated carbocycles. The van der Waals surface area contributed by atoms with Gasteiger partial charge in [-0.1, -0.05) is 0 Å². The van der Waals surface area contributed by atoms with Crippen molar-refractivity contribution in [2.75, 3.05) is 24.6 Å². The monoisotopic (exact) mass is 258 g/mol. The predicted octanol–water partition coefficient (Wildman–Crippen LogP) is 0.658. The first kappa shape index (κ1) is 13.7. The SMILES string of the molecule is CNC(=O)c1c(N)nsc1NCCCC(C)O. The Bertz CT molecular complexity index is 378. The summed E-state index contributed by atoms with van der Waals surface area (Å²) in [6, 6.07) is 0. The van der Waals surface area contributed by atoms with Crippen molar-refractivity contribution in [1.82, 2.24) is 9.69 Å². The van der Waals surface area contributed by atoms with Crippen molar-refractivity contribution in [2.45, 2.75) is 25.9 Å². The van der Waals surface area contributed by atoms with Crippen LogP contribution in [0.1, 0.15) is 30.1 Å². The summed E-state index contributed by atoms with van der Waals surface area (Å²) >= 11 is 1.17. The molecule has 1 rings (SSSR count). The number of nitrogens with two attached hydrogens (primary N) is 1. The van der Waals surface area contributed by atoms with Crippen molar-refractivity contribution in [2.24, 2.45) is 0 Å². The molecule has 0 radical (unpaired) electrons. The number of amides is 1. The topological polar surface area (TPSA) is 100 Å². The van der Waals surface area contributed by atoms with Crippen molar-refractivity contribution in [3.63, 3.8) is 0 Å². The van der Waals surface area contributed by atoms with Gasteiger partial charge in [0.25, 0.3) is 5.91 Å². The van der Waals surface area contributed by atoms with Gasteiger partial charge in [0.2, 0.25) is 0 Å². The van der Waals surface area contributed by atoms with Crippen molar-refractivity contribution in [1.29, 1.82) is 0 Å². The highest BCUT2D eigenvalue weighted by Gasteiger charge is 2.17. The lowest BCUT2D eigenvalue weighted by atomic mass is 10.2. The van der Waals surface area contributed by atoms with Gasteiger partial charge in [-0.25, -0.2) is 0 Å². The number of carbonyl (C=O) groups is 1. The third kappa shape index (κ3) is 3.86. The summed E-state index contributed by atoms with van der Waals surface area (Å²) in [4.78, 5) is 11.6. The normalized spacial score (nSPS) is 12.2. The van der Waals surface area contributed by atoms with Crippen molar-refractivity contribution in [3.8, 4) is 0 Å². The van der Waals surface area contributed by atoms with E-state index in [1.807, 2.05) is 0 Å². The van der Waals surface area contributed by atoms with Crippen LogP contribution in [0.4, 0.5) is 10.8 Å². The van der Waals surface area contributed by atoms with Gasteiger partial charge >= 0.3 is 0 Å². The Labute approximate surface area is 104 Å². The lowest BCUT2D eigenvalue weighted by Crippen LogP contribution is -2.20. The van der Waals surface area contributed by atoms with E-state index in [1.165, 1.54) is 11.5 Å². The smallest absolute Gasteiger partial charge is 0.257 e. The minimum atomic E-state index is -0.304. The predicted molar refractivity (Wildman–Crippen MR) is 69.3 cm³/mol. The van der Waals surface area contributed by atoms with Crippen LogP contribution in [-0.4, -0.2) is 35.1 Å². The molecule has 1 atom stereocenters. The van der Waals surface area contributed by atoms with Crippen LogP contribution < -0.4 is 16.4 Å². The quantitative estimate of drug-likeness (QED) is 0.562. The van der Waals surface area contributed by atoms with Gasteiger partial charge in [-0.3, -0.25) is 4.79 Å². The average molecular weight is 258 g/mol. The summed E-state index contributed by atoms with van der Waals surface area (Å²) in [5.41, 5.74) is 6.03. The van der Waals surface area contributed by atoms with Gasteiger partial charge in [0.1, 0.15) is 10.6 Å². The number of nitrogens with zero attached hydrogens (tertiary/aromatic N) is 1. The minimum absolute atomic E-state index is 0.241. The summed E-state index contributed by atoms with van der Waals surface area (Å²) in [5.74, 6) is 0.00153. The maximum atomic E-state index is 11.6. The molecule has 0 bridgehead atoms. The number of hydrogen-bond acceptors (Lipinski definition) is 6. The summed E-state index contributed by atoms with van der Waals surface area (Å²) in [6.07, 6.45) is 1.24. The number of hydrogen-bond donors (Lipinski definition) is 4. The van der Waals surface area contributed by atoms with Crippen LogP contribution in [0.25, 0.3) is 0 Å². The molecule has 0 aliphatic heterocycles. The van der Waals surface area contributed by atoms with Gasteiger partial charge in [0.15, 0.2) is 5.82 Å². The molecule has 1 aromatic heterocycles. The van der Waals surface area contributed by atoms with Crippen LogP contribution in [0.15, 0.2) is 0 Å². The van der Waals surface area contributed by atoms with E-state index in [2.05, 4.69) is 15.0 Å². The number of nitrogen functional groups attached to an aromatic ring is 1. The van der Waals surface area contributed by atoms with Gasteiger partial charge in [-0.05, 0) is 31.3 Å². The minimum Gasteiger partial charge on any atom is -0.393 e. The first-order valence-electron chi connectivity index (χ1n) is 5.45. The number of carbonyl (C=O) groups excluding carboxylic acids is 1. The molecule has 0 aliphatic rings. The molecule has 1 heterocycles. The number of nitrogens with one attached hydrogen (secondary N) is 2. The Balaban J connectivity index is 2.56. The number of aliphatic hydroxyl groups excluding tert-OH is 1. The van der Waals surface area contributed by atoms with Gasteiger partial charge < -0.3 is 21.5 Å². The highest BCUT2D eigenvalue weighted by molar-refractivity contribution is 7.11. The molecule has 0 saturated heterocycles. The van der Waals surface area contributed by atoms with Crippen LogP contribution in [0, 0.1) is 0 Å². The molecule has 1 aromatic rings. The fourth-order valence-corrected chi connectivity index (χ4v) is 2.10. The fourth-order valence-electron chi connectivity index (χ4n) is 1.37. The maximum absolute atomic E-state index is 11.6. The summed E-state index contributed by atoms with van der Waals surface area (Å²) in [5, 5.41) is 15.4. The number of aliphatic hydroxyl groups is 1. The van der Waals surface area contributed by atoms with Gasteiger partial charge in [0.05, 0.1) is 6.10 Å². The summed E-state index contributed by atoms with van der Waals surface area (Å²) in [7, 11) is 1.55. The largest absolute Gasteiger partial charge is 0.393 e. The van der Waals surface area contributed by atoms with Crippen molar-refractivity contribution < 1.29 is 9.90 Å². The second-order valence-corrected chi connectivity index (χ2v) is 4.54. The third-order valence-electron chi connectivity index (χ3n) is 2.26. The van der Waals surface area contributed by atoms with E-state index in [0.717, 1.165) is 12.8 Å². The third-order valence-corrected chi connectivity index (χ3v) is 3.08. The highest BCUT2D eigenvalue weighted by Crippen LogP contribution is 2.26. The van der Waals surface area contributed by atoms with E-state index in [9.17, 15) is 4.79 Å². The van der Waals surface area contributed by atoms with E-state index >= 15 is 0 Å². The first-order chi connectivity index (χ1) is 8.06. The zero-order valence-electron chi connectivity index (χ0n) is 9.99. The van der Waals surface area contributed by atoms with Crippen LogP contribution in [0.5, 0.6) is 0 Å². The molecule has 5 N–H and O–H groups in total. The Morgan fingerprint density at radius 2 is 2.35 bits per heavy atom. The Morgan fingerprint density at radius 1 is 1.65 bits per heavy atom. The molecule has 7 heteroatoms. The summed E-state index contributed by atoms with van der Waals surface area (Å²) in [6.45, 7) is 2.43. The standard InChI is InChI=1S/C10H18N4O2S/c1-6(15)4-3-5-13-10-7(9(16)12-2)8(11)14-17-10/h6,13,15H,3-5H2,1-2H3,(H2,11,14)(H,12,16). The van der Waals surface area contributed by atoms with Crippen molar-refractivity contribution >= 4 is 28.3 Å². The van der Waals surface area contributed by atoms with E-state index in [0.29, 0.717) is 17.1 Å². The number of rotatable bonds is 6. The van der Waals surface area contributed by atoms with Gasteiger partial charge in [-0.15, -0.1) is 0 Å². The molecule has 0 aliphatic carbocycles. The Kier molecular flexibility index (Phi) is 5.17. The van der Waals surface area contributed by atoms with E-state index in [4.69, 9.17) is 10.8 Å². The molecule has 17 heavy (non-hydrogen) atoms. The molecule has 1 unspecified atom stereocenters.